The number of benzene rings is 1. The minimum absolute atomic E-state index is 0.0184. The van der Waals surface area contributed by atoms with Gasteiger partial charge in [-0.05, 0) is 30.5 Å². The molecule has 0 aliphatic carbocycles. The summed E-state index contributed by atoms with van der Waals surface area (Å²) in [6, 6.07) is 7.84. The fourth-order valence-corrected chi connectivity index (χ4v) is 2.20. The third kappa shape index (κ3) is 5.43. The Hall–Kier alpha value is -1.35. The molecule has 0 fully saturated rings. The van der Waals surface area contributed by atoms with Gasteiger partial charge in [0.1, 0.15) is 0 Å². The van der Waals surface area contributed by atoms with Crippen molar-refractivity contribution in [2.75, 3.05) is 0 Å². The molecule has 3 heteroatoms. The summed E-state index contributed by atoms with van der Waals surface area (Å²) in [5.41, 5.74) is 7.30. The molecule has 106 valence electrons. The van der Waals surface area contributed by atoms with Crippen molar-refractivity contribution in [3.05, 3.63) is 35.4 Å². The number of carbonyl (C=O) groups excluding carboxylic acids is 1. The molecule has 0 aliphatic heterocycles. The lowest BCUT2D eigenvalue weighted by Gasteiger charge is -2.18. The smallest absolute Gasteiger partial charge is 0.251 e. The van der Waals surface area contributed by atoms with Gasteiger partial charge in [-0.1, -0.05) is 45.2 Å². The molecule has 1 atom stereocenters. The zero-order valence-electron chi connectivity index (χ0n) is 12.1. The zero-order chi connectivity index (χ0) is 14.1. The Labute approximate surface area is 116 Å². The molecule has 3 N–H and O–H groups in total. The molecule has 19 heavy (non-hydrogen) atoms. The van der Waals surface area contributed by atoms with Gasteiger partial charge in [-0.15, -0.1) is 0 Å². The van der Waals surface area contributed by atoms with E-state index in [1.54, 1.807) is 0 Å². The highest BCUT2D eigenvalue weighted by Crippen LogP contribution is 2.10. The van der Waals surface area contributed by atoms with Crippen molar-refractivity contribution in [2.45, 2.75) is 58.5 Å². The Morgan fingerprint density at radius 1 is 1.26 bits per heavy atom. The highest BCUT2D eigenvalue weighted by Gasteiger charge is 2.12. The predicted octanol–water partition coefficient (Wildman–Crippen LogP) is 3.23. The lowest BCUT2D eigenvalue weighted by Crippen LogP contribution is -2.34. The molecule has 1 amide bonds. The van der Waals surface area contributed by atoms with Crippen LogP contribution < -0.4 is 11.1 Å². The van der Waals surface area contributed by atoms with Crippen molar-refractivity contribution in [3.8, 4) is 0 Å². The molecule has 1 aromatic rings. The number of rotatable bonds is 8. The van der Waals surface area contributed by atoms with Gasteiger partial charge in [-0.25, -0.2) is 0 Å². The van der Waals surface area contributed by atoms with Gasteiger partial charge in [0.2, 0.25) is 0 Å². The second-order valence-corrected chi connectivity index (χ2v) is 5.01. The van der Waals surface area contributed by atoms with Crippen molar-refractivity contribution in [2.24, 2.45) is 5.73 Å². The number of carbonyl (C=O) groups is 1. The van der Waals surface area contributed by atoms with Crippen LogP contribution in [0.15, 0.2) is 24.3 Å². The van der Waals surface area contributed by atoms with Crippen LogP contribution in [0.25, 0.3) is 0 Å². The quantitative estimate of drug-likeness (QED) is 0.755. The maximum Gasteiger partial charge on any atom is 0.251 e. The van der Waals surface area contributed by atoms with Gasteiger partial charge in [0.25, 0.3) is 5.91 Å². The molecule has 3 nitrogen and oxygen atoms in total. The molecule has 0 heterocycles. The maximum absolute atomic E-state index is 12.2. The van der Waals surface area contributed by atoms with E-state index in [2.05, 4.69) is 19.2 Å². The van der Waals surface area contributed by atoms with Crippen LogP contribution in [0.5, 0.6) is 0 Å². The number of nitrogens with one attached hydrogen (secondary N) is 1. The first-order valence-electron chi connectivity index (χ1n) is 7.31. The van der Waals surface area contributed by atoms with Gasteiger partial charge >= 0.3 is 0 Å². The summed E-state index contributed by atoms with van der Waals surface area (Å²) in [4.78, 5) is 12.2. The van der Waals surface area contributed by atoms with E-state index >= 15 is 0 Å². The molecule has 1 unspecified atom stereocenters. The first-order valence-corrected chi connectivity index (χ1v) is 7.31. The summed E-state index contributed by atoms with van der Waals surface area (Å²) in [6.07, 6.45) is 5.53. The summed E-state index contributed by atoms with van der Waals surface area (Å²) in [7, 11) is 0. The topological polar surface area (TPSA) is 55.1 Å². The fraction of sp³-hybridized carbons (Fsp3) is 0.562. The summed E-state index contributed by atoms with van der Waals surface area (Å²) < 4.78 is 0. The minimum Gasteiger partial charge on any atom is -0.349 e. The minimum atomic E-state index is 0.0184. The van der Waals surface area contributed by atoms with Crippen LogP contribution in [-0.2, 0) is 6.54 Å². The molecule has 0 saturated heterocycles. The Balaban J connectivity index is 2.64. The molecular weight excluding hydrogens is 236 g/mol. The van der Waals surface area contributed by atoms with Crippen molar-refractivity contribution < 1.29 is 4.79 Å². The summed E-state index contributed by atoms with van der Waals surface area (Å²) in [5, 5.41) is 3.14. The number of hydrogen-bond donors (Lipinski definition) is 2. The zero-order valence-corrected chi connectivity index (χ0v) is 12.1. The first kappa shape index (κ1) is 15.7. The van der Waals surface area contributed by atoms with E-state index in [4.69, 9.17) is 5.73 Å². The molecule has 0 bridgehead atoms. The number of unbranched alkanes of at least 4 members (excludes halogenated alkanes) is 1. The van der Waals surface area contributed by atoms with E-state index in [0.29, 0.717) is 18.2 Å². The maximum atomic E-state index is 12.2. The Morgan fingerprint density at radius 3 is 2.68 bits per heavy atom. The number of hydrogen-bond acceptors (Lipinski definition) is 2. The Bertz CT molecular complexity index is 390. The summed E-state index contributed by atoms with van der Waals surface area (Å²) >= 11 is 0. The second kappa shape index (κ2) is 8.70. The number of amides is 1. The molecule has 0 spiro atoms. The average Bonchev–Trinajstić information content (AvgIpc) is 2.45. The molecule has 0 radical (unpaired) electrons. The van der Waals surface area contributed by atoms with Crippen LogP contribution >= 0.6 is 0 Å². The first-order chi connectivity index (χ1) is 9.21. The fourth-order valence-electron chi connectivity index (χ4n) is 2.20. The van der Waals surface area contributed by atoms with E-state index in [-0.39, 0.29) is 5.91 Å². The largest absolute Gasteiger partial charge is 0.349 e. The van der Waals surface area contributed by atoms with Crippen LogP contribution in [0.2, 0.25) is 0 Å². The third-order valence-electron chi connectivity index (χ3n) is 3.30. The van der Waals surface area contributed by atoms with Crippen LogP contribution in [0.4, 0.5) is 0 Å². The SMILES string of the molecule is CCCCC(CCC)NC(=O)c1cccc(CN)c1. The van der Waals surface area contributed by atoms with E-state index < -0.39 is 0 Å². The highest BCUT2D eigenvalue weighted by atomic mass is 16.1. The monoisotopic (exact) mass is 262 g/mol. The standard InChI is InChI=1S/C16H26N2O/c1-3-5-10-15(7-4-2)18-16(19)14-9-6-8-13(11-14)12-17/h6,8-9,11,15H,3-5,7,10,12,17H2,1-2H3,(H,18,19). The normalized spacial score (nSPS) is 12.2. The predicted molar refractivity (Wildman–Crippen MR) is 80.0 cm³/mol. The molecule has 1 aromatic carbocycles. The summed E-state index contributed by atoms with van der Waals surface area (Å²) in [6.45, 7) is 4.80. The lowest BCUT2D eigenvalue weighted by molar-refractivity contribution is 0.0932. The van der Waals surface area contributed by atoms with E-state index in [1.807, 2.05) is 24.3 Å². The van der Waals surface area contributed by atoms with Gasteiger partial charge < -0.3 is 11.1 Å². The average molecular weight is 262 g/mol. The Morgan fingerprint density at radius 2 is 2.05 bits per heavy atom. The van der Waals surface area contributed by atoms with Gasteiger partial charge in [-0.2, -0.15) is 0 Å². The molecular formula is C16H26N2O. The molecule has 0 saturated carbocycles. The molecule has 0 aliphatic rings. The highest BCUT2D eigenvalue weighted by molar-refractivity contribution is 5.94. The third-order valence-corrected chi connectivity index (χ3v) is 3.30. The Kier molecular flexibility index (Phi) is 7.19. The van der Waals surface area contributed by atoms with Crippen molar-refractivity contribution >= 4 is 5.91 Å². The lowest BCUT2D eigenvalue weighted by atomic mass is 10.0. The van der Waals surface area contributed by atoms with Crippen molar-refractivity contribution in [3.63, 3.8) is 0 Å². The van der Waals surface area contributed by atoms with Crippen LogP contribution in [0.1, 0.15) is 61.9 Å². The van der Waals surface area contributed by atoms with Gasteiger partial charge in [0.05, 0.1) is 0 Å². The van der Waals surface area contributed by atoms with E-state index in [0.717, 1.165) is 31.2 Å². The van der Waals surface area contributed by atoms with Gasteiger partial charge in [-0.3, -0.25) is 4.79 Å². The van der Waals surface area contributed by atoms with E-state index in [1.165, 1.54) is 6.42 Å². The van der Waals surface area contributed by atoms with Gasteiger partial charge in [0, 0.05) is 18.2 Å². The van der Waals surface area contributed by atoms with Gasteiger partial charge in [0.15, 0.2) is 0 Å². The van der Waals surface area contributed by atoms with Crippen LogP contribution in [0, 0.1) is 0 Å². The van der Waals surface area contributed by atoms with Crippen molar-refractivity contribution in [1.29, 1.82) is 0 Å². The summed E-state index contributed by atoms with van der Waals surface area (Å²) in [5.74, 6) is 0.0184. The van der Waals surface area contributed by atoms with Crippen molar-refractivity contribution in [1.82, 2.24) is 5.32 Å². The number of nitrogens with two attached hydrogens (primary N) is 1. The molecule has 0 aromatic heterocycles. The van der Waals surface area contributed by atoms with Crippen LogP contribution in [0.3, 0.4) is 0 Å². The van der Waals surface area contributed by atoms with E-state index in [9.17, 15) is 4.79 Å². The second-order valence-electron chi connectivity index (χ2n) is 5.01. The molecule has 1 rings (SSSR count). The van der Waals surface area contributed by atoms with Crippen LogP contribution in [-0.4, -0.2) is 11.9 Å².